The summed E-state index contributed by atoms with van der Waals surface area (Å²) in [4.78, 5) is 16.4. The van der Waals surface area contributed by atoms with Crippen LogP contribution in [0.15, 0.2) is 54.9 Å². The van der Waals surface area contributed by atoms with Gasteiger partial charge in [-0.2, -0.15) is 0 Å². The zero-order chi connectivity index (χ0) is 21.4. The number of anilines is 1. The van der Waals surface area contributed by atoms with Crippen LogP contribution in [0.2, 0.25) is 0 Å². The number of nitrogens with one attached hydrogen (secondary N) is 1. The van der Waals surface area contributed by atoms with Gasteiger partial charge in [-0.25, -0.2) is 22.5 Å². The fourth-order valence-electron chi connectivity index (χ4n) is 2.57. The summed E-state index contributed by atoms with van der Waals surface area (Å²) in [7, 11) is -2.08. The molecule has 0 bridgehead atoms. The maximum Gasteiger partial charge on any atom is 0.290 e. The monoisotopic (exact) mass is 418 g/mol. The number of hydrogen-bond acceptors (Lipinski definition) is 6. The van der Waals surface area contributed by atoms with Crippen molar-refractivity contribution in [2.24, 2.45) is 0 Å². The van der Waals surface area contributed by atoms with Gasteiger partial charge in [0.1, 0.15) is 11.6 Å². The molecule has 0 atom stereocenters. The van der Waals surface area contributed by atoms with Gasteiger partial charge in [0, 0.05) is 5.56 Å². The molecule has 0 aliphatic heterocycles. The van der Waals surface area contributed by atoms with Crippen molar-refractivity contribution in [2.75, 3.05) is 12.8 Å². The molecule has 0 aliphatic rings. The molecule has 1 heterocycles. The largest absolute Gasteiger partial charge is 0.483 e. The second-order valence-electron chi connectivity index (χ2n) is 5.75. The average Bonchev–Trinajstić information content (AvgIpc) is 2.69. The van der Waals surface area contributed by atoms with Crippen LogP contribution in [0.25, 0.3) is 22.4 Å². The van der Waals surface area contributed by atoms with Crippen LogP contribution in [0.3, 0.4) is 0 Å². The molecule has 0 saturated heterocycles. The molecule has 8 nitrogen and oxygen atoms in total. The number of rotatable bonds is 5. The van der Waals surface area contributed by atoms with Crippen molar-refractivity contribution in [1.29, 1.82) is 0 Å². The first-order valence-corrected chi connectivity index (χ1v) is 9.91. The van der Waals surface area contributed by atoms with E-state index in [0.29, 0.717) is 27.9 Å². The van der Waals surface area contributed by atoms with Gasteiger partial charge in [0.25, 0.3) is 6.47 Å². The molecule has 152 valence electrons. The van der Waals surface area contributed by atoms with Gasteiger partial charge in [0.2, 0.25) is 10.0 Å². The third-order valence-electron chi connectivity index (χ3n) is 3.90. The normalized spacial score (nSPS) is 10.7. The zero-order valence-corrected chi connectivity index (χ0v) is 16.2. The first-order chi connectivity index (χ1) is 13.8. The van der Waals surface area contributed by atoms with Gasteiger partial charge in [-0.05, 0) is 35.9 Å². The Balaban J connectivity index is 0.000000941. The summed E-state index contributed by atoms with van der Waals surface area (Å²) in [5.41, 5.74) is 7.98. The highest BCUT2D eigenvalue weighted by Crippen LogP contribution is 2.29. The molecule has 0 aliphatic carbocycles. The minimum absolute atomic E-state index is 0.188. The van der Waals surface area contributed by atoms with Crippen molar-refractivity contribution in [3.8, 4) is 22.4 Å². The highest BCUT2D eigenvalue weighted by Gasteiger charge is 2.15. The van der Waals surface area contributed by atoms with Gasteiger partial charge in [0.15, 0.2) is 0 Å². The van der Waals surface area contributed by atoms with E-state index in [2.05, 4.69) is 14.7 Å². The maximum absolute atomic E-state index is 14.6. The van der Waals surface area contributed by atoms with E-state index in [9.17, 15) is 12.8 Å². The molecule has 4 N–H and O–H groups in total. The predicted octanol–water partition coefficient (Wildman–Crippen LogP) is 2.28. The lowest BCUT2D eigenvalue weighted by atomic mass is 9.98. The lowest BCUT2D eigenvalue weighted by molar-refractivity contribution is -0.122. The summed E-state index contributed by atoms with van der Waals surface area (Å²) in [5.74, 6) is -0.412. The Bertz CT molecular complexity index is 1090. The van der Waals surface area contributed by atoms with Crippen LogP contribution in [0.5, 0.6) is 0 Å². The number of sulfonamides is 1. The second kappa shape index (κ2) is 9.71. The first-order valence-electron chi connectivity index (χ1n) is 8.26. The van der Waals surface area contributed by atoms with Crippen LogP contribution >= 0.6 is 0 Å². The van der Waals surface area contributed by atoms with Gasteiger partial charge in [-0.1, -0.05) is 30.3 Å². The highest BCUT2D eigenvalue weighted by molar-refractivity contribution is 7.88. The number of halogens is 1. The zero-order valence-electron chi connectivity index (χ0n) is 15.4. The van der Waals surface area contributed by atoms with E-state index in [0.717, 1.165) is 0 Å². The van der Waals surface area contributed by atoms with Gasteiger partial charge in [-0.3, -0.25) is 9.78 Å². The molecule has 10 heteroatoms. The molecule has 0 amide bonds. The molecule has 3 rings (SSSR count). The van der Waals surface area contributed by atoms with E-state index in [1.54, 1.807) is 36.4 Å². The Hall–Kier alpha value is -3.37. The number of aromatic nitrogens is 2. The van der Waals surface area contributed by atoms with E-state index in [1.165, 1.54) is 25.5 Å². The molecule has 29 heavy (non-hydrogen) atoms. The Kier molecular flexibility index (Phi) is 7.34. The molecule has 0 saturated carbocycles. The lowest BCUT2D eigenvalue weighted by Crippen LogP contribution is -2.20. The highest BCUT2D eigenvalue weighted by atomic mass is 32.2. The summed E-state index contributed by atoms with van der Waals surface area (Å²) in [5, 5.41) is 6.89. The topological polar surface area (TPSA) is 135 Å². The van der Waals surface area contributed by atoms with Crippen molar-refractivity contribution >= 4 is 22.3 Å². The fourth-order valence-corrected chi connectivity index (χ4v) is 3.38. The van der Waals surface area contributed by atoms with Crippen LogP contribution in [-0.2, 0) is 20.6 Å². The smallest absolute Gasteiger partial charge is 0.290 e. The Morgan fingerprint density at radius 1 is 1.14 bits per heavy atom. The summed E-state index contributed by atoms with van der Waals surface area (Å²) in [6.07, 6.45) is 2.77. The van der Waals surface area contributed by atoms with Gasteiger partial charge in [0.05, 0.1) is 23.8 Å². The molecular weight excluding hydrogens is 399 g/mol. The Morgan fingerprint density at radius 2 is 1.83 bits per heavy atom. The molecule has 0 unspecified atom stereocenters. The maximum atomic E-state index is 14.6. The molecule has 3 aromatic rings. The number of nitrogens with two attached hydrogens (primary N) is 1. The summed E-state index contributed by atoms with van der Waals surface area (Å²) < 4.78 is 40.7. The number of carboxylic acid groups (broad SMARTS) is 1. The summed E-state index contributed by atoms with van der Waals surface area (Å²) >= 11 is 0. The van der Waals surface area contributed by atoms with Crippen LogP contribution < -0.4 is 10.5 Å². The minimum Gasteiger partial charge on any atom is -0.483 e. The second-order valence-corrected chi connectivity index (χ2v) is 7.67. The van der Waals surface area contributed by atoms with E-state index in [-0.39, 0.29) is 18.0 Å². The standard InChI is InChI=1S/C18H17FN4O2S.CH2O2/c1-21-26(24,25)11-13-4-2-3-5-14(13)12-6-7-15(16(19)8-12)17-9-23-18(20)10-22-17;2-1-3/h2-10,21H,11H2,1H3,(H2,20,23);1H,(H,2,3). The van der Waals surface area contributed by atoms with E-state index in [1.807, 2.05) is 0 Å². The SMILES string of the molecule is CNS(=O)(=O)Cc1ccccc1-c1ccc(-c2cnc(N)cn2)c(F)c1.O=CO. The summed E-state index contributed by atoms with van der Waals surface area (Å²) in [6.45, 7) is -0.250. The van der Waals surface area contributed by atoms with Gasteiger partial charge in [-0.15, -0.1) is 0 Å². The summed E-state index contributed by atoms with van der Waals surface area (Å²) in [6, 6.07) is 11.7. The molecule has 0 fully saturated rings. The Labute approximate surface area is 167 Å². The fraction of sp³-hybridized carbons (Fsp3) is 0.105. The van der Waals surface area contributed by atoms with Crippen molar-refractivity contribution in [1.82, 2.24) is 14.7 Å². The van der Waals surface area contributed by atoms with Crippen molar-refractivity contribution in [3.63, 3.8) is 0 Å². The van der Waals surface area contributed by atoms with Crippen LogP contribution in [-0.4, -0.2) is 37.0 Å². The van der Waals surface area contributed by atoms with E-state index >= 15 is 0 Å². The van der Waals surface area contributed by atoms with E-state index < -0.39 is 15.8 Å². The van der Waals surface area contributed by atoms with Crippen LogP contribution in [0, 0.1) is 5.82 Å². The first kappa shape index (κ1) is 21.9. The third kappa shape index (κ3) is 5.80. The van der Waals surface area contributed by atoms with Gasteiger partial charge >= 0.3 is 0 Å². The third-order valence-corrected chi connectivity index (χ3v) is 5.21. The Morgan fingerprint density at radius 3 is 2.41 bits per heavy atom. The van der Waals surface area contributed by atoms with Crippen LogP contribution in [0.4, 0.5) is 10.2 Å². The number of carbonyl (C=O) groups is 1. The molecule has 1 aromatic heterocycles. The molecule has 0 spiro atoms. The average molecular weight is 418 g/mol. The molecule has 0 radical (unpaired) electrons. The quantitative estimate of drug-likeness (QED) is 0.541. The van der Waals surface area contributed by atoms with E-state index in [4.69, 9.17) is 15.6 Å². The number of nitrogen functional groups attached to an aromatic ring is 1. The van der Waals surface area contributed by atoms with Crippen molar-refractivity contribution in [2.45, 2.75) is 5.75 Å². The van der Waals surface area contributed by atoms with Crippen molar-refractivity contribution in [3.05, 3.63) is 66.2 Å². The molecule has 2 aromatic carbocycles. The number of nitrogens with zero attached hydrogens (tertiary/aromatic N) is 2. The van der Waals surface area contributed by atoms with Crippen LogP contribution in [0.1, 0.15) is 5.56 Å². The molecular formula is C19H19FN4O4S. The lowest BCUT2D eigenvalue weighted by Gasteiger charge is -2.11. The predicted molar refractivity (Wildman–Crippen MR) is 108 cm³/mol. The number of hydrogen-bond donors (Lipinski definition) is 3. The minimum atomic E-state index is -3.44. The van der Waals surface area contributed by atoms with Gasteiger partial charge < -0.3 is 10.8 Å². The van der Waals surface area contributed by atoms with Crippen molar-refractivity contribution < 1.29 is 22.7 Å². The number of benzene rings is 2.